The first-order chi connectivity index (χ1) is 6.20. The van der Waals surface area contributed by atoms with Gasteiger partial charge in [0.2, 0.25) is 0 Å². The molecule has 0 saturated carbocycles. The lowest BCUT2D eigenvalue weighted by Gasteiger charge is -2.00. The Labute approximate surface area is 77.8 Å². The van der Waals surface area contributed by atoms with Crippen LogP contribution in [0.3, 0.4) is 0 Å². The molecule has 5 heteroatoms. The van der Waals surface area contributed by atoms with Crippen molar-refractivity contribution in [2.45, 2.75) is 0 Å². The van der Waals surface area contributed by atoms with E-state index >= 15 is 0 Å². The summed E-state index contributed by atoms with van der Waals surface area (Å²) < 4.78 is 23.0. The molecule has 1 unspecified atom stereocenters. The van der Waals surface area contributed by atoms with Crippen molar-refractivity contribution in [1.82, 2.24) is 0 Å². The lowest BCUT2D eigenvalue weighted by atomic mass is 10.2. The highest BCUT2D eigenvalue weighted by atomic mass is 32.2. The molecule has 1 aromatic rings. The van der Waals surface area contributed by atoms with Crippen molar-refractivity contribution < 1.29 is 18.3 Å². The summed E-state index contributed by atoms with van der Waals surface area (Å²) in [7, 11) is 0. The summed E-state index contributed by atoms with van der Waals surface area (Å²) in [4.78, 5) is 11.1. The first-order valence-corrected chi connectivity index (χ1v) is 4.77. The summed E-state index contributed by atoms with van der Waals surface area (Å²) in [5.41, 5.74) is 0.368. The van der Waals surface area contributed by atoms with Crippen molar-refractivity contribution in [3.8, 4) is 0 Å². The van der Waals surface area contributed by atoms with Crippen molar-refractivity contribution in [1.29, 1.82) is 0 Å². The van der Waals surface area contributed by atoms with Crippen LogP contribution in [0, 0.1) is 0 Å². The van der Waals surface area contributed by atoms with Crippen molar-refractivity contribution in [3.05, 3.63) is 35.9 Å². The molecule has 1 atom stereocenters. The van der Waals surface area contributed by atoms with Crippen molar-refractivity contribution in [3.63, 3.8) is 0 Å². The highest BCUT2D eigenvalue weighted by molar-refractivity contribution is 7.79. The molecule has 0 bridgehead atoms. The van der Waals surface area contributed by atoms with Crippen LogP contribution in [-0.2, 0) is 15.8 Å². The Morgan fingerprint density at radius 2 is 2.00 bits per heavy atom. The fourth-order valence-electron chi connectivity index (χ4n) is 0.761. The zero-order valence-electron chi connectivity index (χ0n) is 6.67. The van der Waals surface area contributed by atoms with Crippen molar-refractivity contribution in [2.24, 2.45) is 0 Å². The molecule has 0 aliphatic rings. The van der Waals surface area contributed by atoms with E-state index in [0.29, 0.717) is 5.56 Å². The third-order valence-electron chi connectivity index (χ3n) is 1.30. The number of carbonyl (C=O) groups excluding carboxylic acids is 1. The third kappa shape index (κ3) is 3.35. The number of hydrogen-bond donors (Lipinski definition) is 1. The lowest BCUT2D eigenvalue weighted by Crippen LogP contribution is -2.09. The van der Waals surface area contributed by atoms with E-state index in [0.717, 1.165) is 0 Å². The van der Waals surface area contributed by atoms with Crippen LogP contribution in [0.2, 0.25) is 0 Å². The molecule has 0 heterocycles. The standard InChI is InChI=1S/C8H8O4S/c9-8(12-6-13(10)11)7-4-2-1-3-5-7/h1-5H,6H2,(H,10,11). The molecule has 0 radical (unpaired) electrons. The van der Waals surface area contributed by atoms with Crippen molar-refractivity contribution in [2.75, 3.05) is 5.94 Å². The monoisotopic (exact) mass is 200 g/mol. The maximum atomic E-state index is 11.1. The molecule has 0 aromatic heterocycles. The normalized spacial score (nSPS) is 12.1. The van der Waals surface area contributed by atoms with E-state index in [1.807, 2.05) is 0 Å². The molecule has 1 rings (SSSR count). The van der Waals surface area contributed by atoms with Gasteiger partial charge in [0.15, 0.2) is 17.0 Å². The molecule has 13 heavy (non-hydrogen) atoms. The van der Waals surface area contributed by atoms with Gasteiger partial charge >= 0.3 is 5.97 Å². The molecule has 0 amide bonds. The minimum absolute atomic E-state index is 0.368. The van der Waals surface area contributed by atoms with Gasteiger partial charge in [0, 0.05) is 0 Å². The van der Waals surface area contributed by atoms with Gasteiger partial charge < -0.3 is 9.29 Å². The van der Waals surface area contributed by atoms with Gasteiger partial charge in [0.25, 0.3) is 0 Å². The summed E-state index contributed by atoms with van der Waals surface area (Å²) in [5, 5.41) is 0. The molecule has 4 nitrogen and oxygen atoms in total. The van der Waals surface area contributed by atoms with E-state index in [-0.39, 0.29) is 0 Å². The summed E-state index contributed by atoms with van der Waals surface area (Å²) in [6.07, 6.45) is 0. The van der Waals surface area contributed by atoms with Gasteiger partial charge in [0.1, 0.15) is 0 Å². The molecule has 1 aromatic carbocycles. The van der Waals surface area contributed by atoms with Crippen LogP contribution >= 0.6 is 0 Å². The number of rotatable bonds is 3. The Morgan fingerprint density at radius 1 is 1.38 bits per heavy atom. The maximum Gasteiger partial charge on any atom is 0.339 e. The number of benzene rings is 1. The van der Waals surface area contributed by atoms with E-state index in [9.17, 15) is 9.00 Å². The first kappa shape index (κ1) is 9.88. The second-order valence-electron chi connectivity index (χ2n) is 2.24. The predicted octanol–water partition coefficient (Wildman–Crippen LogP) is 1.02. The van der Waals surface area contributed by atoms with Crippen LogP contribution in [-0.4, -0.2) is 20.7 Å². The van der Waals surface area contributed by atoms with Gasteiger partial charge in [-0.05, 0) is 12.1 Å². The molecule has 0 aliphatic carbocycles. The molecule has 0 fully saturated rings. The average molecular weight is 200 g/mol. The minimum atomic E-state index is -2.10. The van der Waals surface area contributed by atoms with Gasteiger partial charge in [0.05, 0.1) is 5.56 Å². The van der Waals surface area contributed by atoms with E-state index in [1.54, 1.807) is 30.3 Å². The molecule has 0 spiro atoms. The van der Waals surface area contributed by atoms with Crippen LogP contribution in [0.1, 0.15) is 10.4 Å². The summed E-state index contributed by atoms with van der Waals surface area (Å²) >= 11 is -2.10. The van der Waals surface area contributed by atoms with Gasteiger partial charge in [-0.2, -0.15) is 0 Å². The topological polar surface area (TPSA) is 63.6 Å². The summed E-state index contributed by atoms with van der Waals surface area (Å²) in [6.45, 7) is 0. The van der Waals surface area contributed by atoms with Crippen LogP contribution in [0.4, 0.5) is 0 Å². The Bertz CT molecular complexity index is 309. The van der Waals surface area contributed by atoms with E-state index < -0.39 is 23.0 Å². The molecule has 0 saturated heterocycles. The fraction of sp³-hybridized carbons (Fsp3) is 0.125. The van der Waals surface area contributed by atoms with Gasteiger partial charge in [-0.3, -0.25) is 0 Å². The first-order valence-electron chi connectivity index (χ1n) is 3.50. The highest BCUT2D eigenvalue weighted by Gasteiger charge is 2.06. The fourth-order valence-corrected chi connectivity index (χ4v) is 0.969. The van der Waals surface area contributed by atoms with E-state index in [4.69, 9.17) is 4.55 Å². The largest absolute Gasteiger partial charge is 0.446 e. The quantitative estimate of drug-likeness (QED) is 0.584. The van der Waals surface area contributed by atoms with Crippen molar-refractivity contribution >= 4 is 17.0 Å². The SMILES string of the molecule is O=C(OCS(=O)O)c1ccccc1. The number of esters is 1. The maximum absolute atomic E-state index is 11.1. The average Bonchev–Trinajstić information content (AvgIpc) is 2.15. The second kappa shape index (κ2) is 4.74. The number of carbonyl (C=O) groups is 1. The predicted molar refractivity (Wildman–Crippen MR) is 47.5 cm³/mol. The Morgan fingerprint density at radius 3 is 2.54 bits per heavy atom. The van der Waals surface area contributed by atoms with Gasteiger partial charge in [-0.1, -0.05) is 18.2 Å². The summed E-state index contributed by atoms with van der Waals surface area (Å²) in [5.74, 6) is -1.09. The molecular formula is C8H8O4S. The highest BCUT2D eigenvalue weighted by Crippen LogP contribution is 2.00. The van der Waals surface area contributed by atoms with Gasteiger partial charge in [-0.25, -0.2) is 9.00 Å². The van der Waals surface area contributed by atoms with Crippen LogP contribution in [0.15, 0.2) is 30.3 Å². The lowest BCUT2D eigenvalue weighted by molar-refractivity contribution is 0.0570. The molecular weight excluding hydrogens is 192 g/mol. The van der Waals surface area contributed by atoms with E-state index in [2.05, 4.69) is 4.74 Å². The van der Waals surface area contributed by atoms with E-state index in [1.165, 1.54) is 0 Å². The van der Waals surface area contributed by atoms with Crippen LogP contribution in [0.25, 0.3) is 0 Å². The smallest absolute Gasteiger partial charge is 0.339 e. The zero-order valence-corrected chi connectivity index (χ0v) is 7.49. The minimum Gasteiger partial charge on any atom is -0.446 e. The molecule has 0 aliphatic heterocycles. The Hall–Kier alpha value is -1.20. The number of ether oxygens (including phenoxy) is 1. The molecule has 1 N–H and O–H groups in total. The van der Waals surface area contributed by atoms with Crippen LogP contribution in [0.5, 0.6) is 0 Å². The molecule has 70 valence electrons. The zero-order chi connectivity index (χ0) is 9.68. The third-order valence-corrected chi connectivity index (χ3v) is 1.62. The second-order valence-corrected chi connectivity index (χ2v) is 3.12. The Kier molecular flexibility index (Phi) is 3.60. The summed E-state index contributed by atoms with van der Waals surface area (Å²) in [6, 6.07) is 8.28. The Balaban J connectivity index is 2.54. The van der Waals surface area contributed by atoms with Gasteiger partial charge in [-0.15, -0.1) is 0 Å². The number of hydrogen-bond acceptors (Lipinski definition) is 3. The van der Waals surface area contributed by atoms with Crippen LogP contribution < -0.4 is 0 Å².